The summed E-state index contributed by atoms with van der Waals surface area (Å²) in [5, 5.41) is 11.4. The van der Waals surface area contributed by atoms with Gasteiger partial charge in [0.25, 0.3) is 0 Å². The molecule has 0 aliphatic carbocycles. The van der Waals surface area contributed by atoms with E-state index in [0.717, 1.165) is 5.69 Å². The van der Waals surface area contributed by atoms with E-state index < -0.39 is 0 Å². The standard InChI is InChI=1S/C11H14N2/c1-9(2)10-3-5-11(6-4-10)13-8-7-12/h3-6,9,13H,8H2,1-2H3. The van der Waals surface area contributed by atoms with Crippen molar-refractivity contribution in [1.29, 1.82) is 5.26 Å². The Labute approximate surface area is 79.2 Å². The summed E-state index contributed by atoms with van der Waals surface area (Å²) in [4.78, 5) is 0. The highest BCUT2D eigenvalue weighted by atomic mass is 14.9. The van der Waals surface area contributed by atoms with E-state index in [1.54, 1.807) is 0 Å². The summed E-state index contributed by atoms with van der Waals surface area (Å²) in [7, 11) is 0. The molecule has 2 heteroatoms. The van der Waals surface area contributed by atoms with Crippen molar-refractivity contribution >= 4 is 5.69 Å². The molecule has 0 aliphatic rings. The molecule has 0 unspecified atom stereocenters. The lowest BCUT2D eigenvalue weighted by molar-refractivity contribution is 0.867. The largest absolute Gasteiger partial charge is 0.372 e. The zero-order chi connectivity index (χ0) is 9.68. The second-order valence-corrected chi connectivity index (χ2v) is 3.29. The van der Waals surface area contributed by atoms with Crippen LogP contribution in [0, 0.1) is 11.3 Å². The molecule has 2 nitrogen and oxygen atoms in total. The van der Waals surface area contributed by atoms with E-state index in [1.165, 1.54) is 5.56 Å². The Balaban J connectivity index is 2.65. The van der Waals surface area contributed by atoms with Crippen molar-refractivity contribution < 1.29 is 0 Å². The maximum atomic E-state index is 8.36. The normalized spacial score (nSPS) is 9.69. The summed E-state index contributed by atoms with van der Waals surface area (Å²) in [5.41, 5.74) is 2.33. The van der Waals surface area contributed by atoms with Crippen LogP contribution in [0.25, 0.3) is 0 Å². The fourth-order valence-electron chi connectivity index (χ4n) is 1.13. The summed E-state index contributed by atoms with van der Waals surface area (Å²) in [5.74, 6) is 0.560. The van der Waals surface area contributed by atoms with E-state index >= 15 is 0 Å². The maximum absolute atomic E-state index is 8.36. The lowest BCUT2D eigenvalue weighted by Gasteiger charge is -2.06. The summed E-state index contributed by atoms with van der Waals surface area (Å²) in [6.45, 7) is 4.69. The first kappa shape index (κ1) is 9.60. The first-order chi connectivity index (χ1) is 6.24. The molecular formula is C11H14N2. The molecule has 0 spiro atoms. The lowest BCUT2D eigenvalue weighted by atomic mass is 10.0. The smallest absolute Gasteiger partial charge is 0.103 e. The second kappa shape index (κ2) is 4.51. The minimum absolute atomic E-state index is 0.362. The van der Waals surface area contributed by atoms with Gasteiger partial charge in [-0.05, 0) is 23.6 Å². The Morgan fingerprint density at radius 3 is 2.38 bits per heavy atom. The van der Waals surface area contributed by atoms with Gasteiger partial charge < -0.3 is 5.32 Å². The van der Waals surface area contributed by atoms with Crippen molar-refractivity contribution in [3.8, 4) is 6.07 Å². The molecule has 1 aromatic rings. The molecule has 0 saturated heterocycles. The molecule has 1 aromatic carbocycles. The van der Waals surface area contributed by atoms with E-state index in [1.807, 2.05) is 18.2 Å². The van der Waals surface area contributed by atoms with Crippen LogP contribution in [0.5, 0.6) is 0 Å². The molecule has 0 bridgehead atoms. The zero-order valence-corrected chi connectivity index (χ0v) is 8.04. The lowest BCUT2D eigenvalue weighted by Crippen LogP contribution is -1.98. The van der Waals surface area contributed by atoms with Gasteiger partial charge in [0.05, 0.1) is 6.07 Å². The number of hydrogen-bond donors (Lipinski definition) is 1. The Kier molecular flexibility index (Phi) is 3.33. The summed E-state index contributed by atoms with van der Waals surface area (Å²) < 4.78 is 0. The highest BCUT2D eigenvalue weighted by Gasteiger charge is 1.97. The van der Waals surface area contributed by atoms with Gasteiger partial charge in [-0.3, -0.25) is 0 Å². The van der Waals surface area contributed by atoms with Crippen LogP contribution in [-0.2, 0) is 0 Å². The van der Waals surface area contributed by atoms with Gasteiger partial charge in [-0.1, -0.05) is 26.0 Å². The van der Waals surface area contributed by atoms with Crippen LogP contribution in [-0.4, -0.2) is 6.54 Å². The molecule has 0 aromatic heterocycles. The van der Waals surface area contributed by atoms with Crippen LogP contribution in [0.3, 0.4) is 0 Å². The van der Waals surface area contributed by atoms with Crippen molar-refractivity contribution in [2.45, 2.75) is 19.8 Å². The fourth-order valence-corrected chi connectivity index (χ4v) is 1.13. The number of hydrogen-bond acceptors (Lipinski definition) is 2. The van der Waals surface area contributed by atoms with Crippen molar-refractivity contribution in [2.24, 2.45) is 0 Å². The number of benzene rings is 1. The quantitative estimate of drug-likeness (QED) is 0.715. The van der Waals surface area contributed by atoms with Gasteiger partial charge in [0, 0.05) is 5.69 Å². The zero-order valence-electron chi connectivity index (χ0n) is 8.04. The predicted molar refractivity (Wildman–Crippen MR) is 54.6 cm³/mol. The first-order valence-corrected chi connectivity index (χ1v) is 4.45. The minimum atomic E-state index is 0.362. The van der Waals surface area contributed by atoms with Crippen LogP contribution in [0.2, 0.25) is 0 Å². The van der Waals surface area contributed by atoms with Crippen molar-refractivity contribution in [1.82, 2.24) is 0 Å². The third-order valence-corrected chi connectivity index (χ3v) is 1.95. The highest BCUT2D eigenvalue weighted by Crippen LogP contribution is 2.16. The van der Waals surface area contributed by atoms with Gasteiger partial charge in [-0.2, -0.15) is 5.26 Å². The molecule has 0 atom stereocenters. The topological polar surface area (TPSA) is 35.8 Å². The predicted octanol–water partition coefficient (Wildman–Crippen LogP) is 2.75. The van der Waals surface area contributed by atoms with Crippen molar-refractivity contribution in [3.05, 3.63) is 29.8 Å². The number of nitrogens with one attached hydrogen (secondary N) is 1. The van der Waals surface area contributed by atoms with E-state index in [9.17, 15) is 0 Å². The van der Waals surface area contributed by atoms with Crippen LogP contribution in [0.4, 0.5) is 5.69 Å². The Morgan fingerprint density at radius 2 is 1.92 bits per heavy atom. The molecular weight excluding hydrogens is 160 g/mol. The van der Waals surface area contributed by atoms with Crippen LogP contribution >= 0.6 is 0 Å². The van der Waals surface area contributed by atoms with E-state index in [-0.39, 0.29) is 0 Å². The van der Waals surface area contributed by atoms with Gasteiger partial charge in [-0.25, -0.2) is 0 Å². The first-order valence-electron chi connectivity index (χ1n) is 4.45. The average Bonchev–Trinajstić information content (AvgIpc) is 2.15. The van der Waals surface area contributed by atoms with Crippen LogP contribution in [0.15, 0.2) is 24.3 Å². The SMILES string of the molecule is CC(C)c1ccc(NCC#N)cc1. The third kappa shape index (κ3) is 2.79. The molecule has 1 N–H and O–H groups in total. The molecule has 0 saturated carbocycles. The number of nitrogens with zero attached hydrogens (tertiary/aromatic N) is 1. The van der Waals surface area contributed by atoms with Gasteiger partial charge in [0.15, 0.2) is 0 Å². The number of nitriles is 1. The van der Waals surface area contributed by atoms with Crippen molar-refractivity contribution in [2.75, 3.05) is 11.9 Å². The van der Waals surface area contributed by atoms with E-state index in [0.29, 0.717) is 12.5 Å². The Bertz CT molecular complexity index is 293. The molecule has 0 aliphatic heterocycles. The molecule has 68 valence electrons. The summed E-state index contributed by atoms with van der Waals surface area (Å²) in [6, 6.07) is 10.2. The van der Waals surface area contributed by atoms with Crippen molar-refractivity contribution in [3.63, 3.8) is 0 Å². The number of rotatable bonds is 3. The van der Waals surface area contributed by atoms with Gasteiger partial charge in [-0.15, -0.1) is 0 Å². The maximum Gasteiger partial charge on any atom is 0.103 e. The van der Waals surface area contributed by atoms with Crippen LogP contribution in [0.1, 0.15) is 25.3 Å². The Hall–Kier alpha value is -1.49. The molecule has 13 heavy (non-hydrogen) atoms. The fraction of sp³-hybridized carbons (Fsp3) is 0.364. The van der Waals surface area contributed by atoms with Gasteiger partial charge in [0.2, 0.25) is 0 Å². The second-order valence-electron chi connectivity index (χ2n) is 3.29. The summed E-state index contributed by atoms with van der Waals surface area (Å²) >= 11 is 0. The molecule has 1 rings (SSSR count). The Morgan fingerprint density at radius 1 is 1.31 bits per heavy atom. The molecule has 0 radical (unpaired) electrons. The van der Waals surface area contributed by atoms with Crippen LogP contribution < -0.4 is 5.32 Å². The minimum Gasteiger partial charge on any atom is -0.372 e. The highest BCUT2D eigenvalue weighted by molar-refractivity contribution is 5.45. The third-order valence-electron chi connectivity index (χ3n) is 1.95. The number of anilines is 1. The van der Waals surface area contributed by atoms with Gasteiger partial charge in [0.1, 0.15) is 6.54 Å². The molecule has 0 fully saturated rings. The molecule has 0 heterocycles. The monoisotopic (exact) mass is 174 g/mol. The van der Waals surface area contributed by atoms with E-state index in [4.69, 9.17) is 5.26 Å². The van der Waals surface area contributed by atoms with Gasteiger partial charge >= 0.3 is 0 Å². The van der Waals surface area contributed by atoms with E-state index in [2.05, 4.69) is 31.3 Å². The summed E-state index contributed by atoms with van der Waals surface area (Å²) in [6.07, 6.45) is 0. The molecule has 0 amide bonds. The average molecular weight is 174 g/mol.